The van der Waals surface area contributed by atoms with Gasteiger partial charge in [0.1, 0.15) is 6.04 Å². The molecule has 0 bridgehead atoms. The zero-order chi connectivity index (χ0) is 32.0. The second-order valence-electron chi connectivity index (χ2n) is 11.2. The number of urea groups is 1. The van der Waals surface area contributed by atoms with Gasteiger partial charge in [-0.2, -0.15) is 0 Å². The Kier molecular flexibility index (Phi) is 14.2. The lowest BCUT2D eigenvalue weighted by Crippen LogP contribution is -2.47. The van der Waals surface area contributed by atoms with Gasteiger partial charge in [0, 0.05) is 37.5 Å². The van der Waals surface area contributed by atoms with Crippen molar-refractivity contribution in [1.29, 1.82) is 0 Å². The number of hydrogen-bond acceptors (Lipinski definition) is 6. The van der Waals surface area contributed by atoms with E-state index in [2.05, 4.69) is 21.3 Å². The van der Waals surface area contributed by atoms with Crippen molar-refractivity contribution in [3.63, 3.8) is 0 Å². The Morgan fingerprint density at radius 2 is 1.72 bits per heavy atom. The Balaban J connectivity index is 1.75. The molecule has 2 radical (unpaired) electrons. The summed E-state index contributed by atoms with van der Waals surface area (Å²) in [5, 5.41) is 9.72. The highest BCUT2D eigenvalue weighted by Gasteiger charge is 2.44. The predicted molar refractivity (Wildman–Crippen MR) is 164 cm³/mol. The summed E-state index contributed by atoms with van der Waals surface area (Å²) in [5.74, 6) is -2.23. The van der Waals surface area contributed by atoms with E-state index >= 15 is 0 Å². The van der Waals surface area contributed by atoms with Crippen molar-refractivity contribution >= 4 is 49.1 Å². The molecule has 13 heteroatoms. The van der Waals surface area contributed by atoms with Gasteiger partial charge in [0.25, 0.3) is 0 Å². The van der Waals surface area contributed by atoms with E-state index in [4.69, 9.17) is 13.6 Å². The summed E-state index contributed by atoms with van der Waals surface area (Å²) in [6.45, 7) is 5.93. The third kappa shape index (κ3) is 11.7. The number of nitrogens with one attached hydrogen (secondary N) is 4. The number of imide groups is 1. The molecule has 12 nitrogen and oxygen atoms in total. The van der Waals surface area contributed by atoms with Crippen molar-refractivity contribution in [2.45, 2.75) is 89.9 Å². The minimum atomic E-state index is -0.894. The van der Waals surface area contributed by atoms with Crippen molar-refractivity contribution in [2.75, 3.05) is 25.0 Å². The number of aryl methyl sites for hydroxylation is 1. The monoisotopic (exact) mass is 596 g/mol. The van der Waals surface area contributed by atoms with E-state index in [-0.39, 0.29) is 50.1 Å². The maximum Gasteiger partial charge on any atom is 0.312 e. The molecular weight excluding hydrogens is 551 g/mol. The minimum Gasteiger partial charge on any atom is -0.352 e. The number of benzene rings is 1. The number of anilines is 1. The molecule has 1 aromatic rings. The van der Waals surface area contributed by atoms with Gasteiger partial charge in [0.15, 0.2) is 0 Å². The van der Waals surface area contributed by atoms with Crippen molar-refractivity contribution in [3.8, 4) is 0 Å². The van der Waals surface area contributed by atoms with Crippen LogP contribution in [0.25, 0.3) is 0 Å². The van der Waals surface area contributed by atoms with Gasteiger partial charge in [0.2, 0.25) is 29.5 Å². The average Bonchev–Trinajstić information content (AvgIpc) is 3.26. The van der Waals surface area contributed by atoms with Crippen molar-refractivity contribution in [3.05, 3.63) is 29.8 Å². The Hall–Kier alpha value is -3.90. The van der Waals surface area contributed by atoms with E-state index in [1.165, 1.54) is 4.90 Å². The minimum absolute atomic E-state index is 0.128. The highest BCUT2D eigenvalue weighted by molar-refractivity contribution is 6.19. The number of unbranched alkanes of at least 4 members (excludes halogenated alkanes) is 2. The molecule has 0 spiro atoms. The second-order valence-corrected chi connectivity index (χ2v) is 11.2. The molecule has 234 valence electrons. The predicted octanol–water partition coefficient (Wildman–Crippen LogP) is 1.93. The van der Waals surface area contributed by atoms with Crippen molar-refractivity contribution in [2.24, 2.45) is 11.7 Å². The number of carbonyl (C=O) groups is 6. The van der Waals surface area contributed by atoms with Crippen LogP contribution in [-0.2, 0) is 30.4 Å². The van der Waals surface area contributed by atoms with Crippen LogP contribution < -0.4 is 27.0 Å². The lowest BCUT2D eigenvalue weighted by Gasteiger charge is -2.28. The molecule has 0 saturated carbocycles. The summed E-state index contributed by atoms with van der Waals surface area (Å²) in [6.07, 6.45) is 4.09. The van der Waals surface area contributed by atoms with Gasteiger partial charge in [-0.05, 0) is 49.8 Å². The van der Waals surface area contributed by atoms with Gasteiger partial charge in [-0.3, -0.25) is 28.9 Å². The van der Waals surface area contributed by atoms with Gasteiger partial charge < -0.3 is 27.0 Å². The molecule has 6 N–H and O–H groups in total. The van der Waals surface area contributed by atoms with E-state index in [0.717, 1.165) is 12.0 Å². The molecule has 7 amide bonds. The van der Waals surface area contributed by atoms with Crippen LogP contribution >= 0.6 is 0 Å². The molecule has 3 atom stereocenters. The maximum absolute atomic E-state index is 12.9. The first kappa shape index (κ1) is 35.3. The van der Waals surface area contributed by atoms with E-state index in [1.807, 2.05) is 26.0 Å². The van der Waals surface area contributed by atoms with Crippen LogP contribution in [0, 0.1) is 5.92 Å². The Bertz CT molecular complexity index is 1140. The summed E-state index contributed by atoms with van der Waals surface area (Å²) in [7, 11) is 6.20. The average molecular weight is 597 g/mol. The molecule has 1 heterocycles. The van der Waals surface area contributed by atoms with Gasteiger partial charge >= 0.3 is 6.03 Å². The van der Waals surface area contributed by atoms with E-state index in [1.54, 1.807) is 19.1 Å². The molecule has 1 aliphatic rings. The molecule has 2 rings (SSSR count). The first-order valence-electron chi connectivity index (χ1n) is 15.0. The third-order valence-corrected chi connectivity index (χ3v) is 7.78. The Labute approximate surface area is 255 Å². The molecule has 0 aliphatic carbocycles. The van der Waals surface area contributed by atoms with E-state index in [0.29, 0.717) is 44.3 Å². The summed E-state index contributed by atoms with van der Waals surface area (Å²) in [6, 6.07) is 5.80. The molecule has 1 aliphatic heterocycles. The number of nitrogens with zero attached hydrogens (tertiary/aromatic N) is 1. The topological polar surface area (TPSA) is 180 Å². The highest BCUT2D eigenvalue weighted by Crippen LogP contribution is 2.42. The van der Waals surface area contributed by atoms with E-state index < -0.39 is 35.1 Å². The number of likely N-dealkylation sites (tertiary alicyclic amines) is 1. The molecule has 0 aromatic heterocycles. The largest absolute Gasteiger partial charge is 0.352 e. The van der Waals surface area contributed by atoms with Gasteiger partial charge in [-0.1, -0.05) is 51.1 Å². The molecular formula is C30H45BN6O6. The fourth-order valence-electron chi connectivity index (χ4n) is 4.76. The van der Waals surface area contributed by atoms with Crippen LogP contribution in [0.2, 0.25) is 5.31 Å². The normalized spacial score (nSPS) is 16.7. The zero-order valence-corrected chi connectivity index (χ0v) is 25.5. The van der Waals surface area contributed by atoms with Gasteiger partial charge in [-0.15, -0.1) is 0 Å². The summed E-state index contributed by atoms with van der Waals surface area (Å²) in [5.41, 5.74) is 6.79. The van der Waals surface area contributed by atoms with Crippen molar-refractivity contribution < 1.29 is 28.8 Å². The summed E-state index contributed by atoms with van der Waals surface area (Å²) < 4.78 is 0. The lowest BCUT2D eigenvalue weighted by atomic mass is 9.60. The number of amides is 7. The van der Waals surface area contributed by atoms with Gasteiger partial charge in [-0.25, -0.2) is 4.79 Å². The highest BCUT2D eigenvalue weighted by atomic mass is 16.2. The zero-order valence-electron chi connectivity index (χ0n) is 25.5. The first-order chi connectivity index (χ1) is 20.4. The fourth-order valence-corrected chi connectivity index (χ4v) is 4.76. The van der Waals surface area contributed by atoms with Crippen LogP contribution in [0.5, 0.6) is 0 Å². The number of hydrogen-bond donors (Lipinski definition) is 5. The Morgan fingerprint density at radius 3 is 2.35 bits per heavy atom. The summed E-state index contributed by atoms with van der Waals surface area (Å²) >= 11 is 0. The third-order valence-electron chi connectivity index (χ3n) is 7.78. The number of rotatable bonds is 18. The number of primary amides is 1. The molecule has 1 saturated heterocycles. The first-order valence-corrected chi connectivity index (χ1v) is 15.0. The van der Waals surface area contributed by atoms with Crippen molar-refractivity contribution in [1.82, 2.24) is 20.9 Å². The molecule has 1 aromatic carbocycles. The van der Waals surface area contributed by atoms with E-state index in [9.17, 15) is 28.8 Å². The molecule has 3 unspecified atom stereocenters. The quantitative estimate of drug-likeness (QED) is 0.0981. The lowest BCUT2D eigenvalue weighted by molar-refractivity contribution is -0.139. The smallest absolute Gasteiger partial charge is 0.312 e. The van der Waals surface area contributed by atoms with Crippen LogP contribution in [0.3, 0.4) is 0 Å². The van der Waals surface area contributed by atoms with Gasteiger partial charge in [0.05, 0.1) is 14.4 Å². The standard InChI is InChI=1S/C30H45BN6O6/c1-4-20-12-14-21(15-13-20)35-27(41)23(10-9-16-33-29(32)43)36-25(39)19-34-24(38)11-7-6-8-17-37-26(40)18-22(28(37)42)30(3,31)5-2/h12-15,22-23H,4-11,16-19H2,1-3H3,(H,34,38)(H,35,41)(H,36,39)(H3,32,33,43). The maximum atomic E-state index is 12.9. The van der Waals surface area contributed by atoms with Crippen LogP contribution in [0.4, 0.5) is 10.5 Å². The fraction of sp³-hybridized carbons (Fsp3) is 0.600. The van der Waals surface area contributed by atoms with Crippen LogP contribution in [0.15, 0.2) is 24.3 Å². The number of carbonyl (C=O) groups excluding carboxylic acids is 6. The molecule has 43 heavy (non-hydrogen) atoms. The summed E-state index contributed by atoms with van der Waals surface area (Å²) in [4.78, 5) is 74.9. The SMILES string of the molecule is [B]C(C)(CC)C1CC(=O)N(CCCCCC(=O)NCC(=O)NC(CCCNC(N)=O)C(=O)Nc2ccc(CC)cc2)C1=O. The Morgan fingerprint density at radius 1 is 1.02 bits per heavy atom. The molecule has 1 fully saturated rings. The van der Waals surface area contributed by atoms with Crippen LogP contribution in [0.1, 0.15) is 77.7 Å². The second kappa shape index (κ2) is 17.3. The number of nitrogens with two attached hydrogens (primary N) is 1. The van der Waals surface area contributed by atoms with Crippen LogP contribution in [-0.4, -0.2) is 74.0 Å².